The molecule has 16 heavy (non-hydrogen) atoms. The second-order valence-electron chi connectivity index (χ2n) is 3.83. The van der Waals surface area contributed by atoms with E-state index in [0.717, 1.165) is 18.4 Å². The molecule has 0 radical (unpaired) electrons. The molecule has 0 saturated carbocycles. The van der Waals surface area contributed by atoms with Gasteiger partial charge in [0, 0.05) is 0 Å². The number of fused-ring (bicyclic) bond motifs is 1. The standard InChI is InChI=1S/C12H15ClO3/c1-2-3-10(14)8-6-9(13)12-11(7-8)15-4-5-16-12/h6-7,10,14H,2-5H2,1H3. The maximum absolute atomic E-state index is 9.89. The fourth-order valence-corrected chi connectivity index (χ4v) is 2.04. The third kappa shape index (κ3) is 2.25. The minimum Gasteiger partial charge on any atom is -0.486 e. The number of aliphatic hydroxyl groups is 1. The van der Waals surface area contributed by atoms with Gasteiger partial charge < -0.3 is 14.6 Å². The largest absolute Gasteiger partial charge is 0.486 e. The Morgan fingerprint density at radius 2 is 2.12 bits per heavy atom. The molecule has 1 atom stereocenters. The van der Waals surface area contributed by atoms with Gasteiger partial charge in [0.2, 0.25) is 0 Å². The normalized spacial score (nSPS) is 15.9. The first-order valence-electron chi connectivity index (χ1n) is 5.49. The second kappa shape index (κ2) is 4.93. The highest BCUT2D eigenvalue weighted by Gasteiger charge is 2.18. The fourth-order valence-electron chi connectivity index (χ4n) is 1.76. The average Bonchev–Trinajstić information content (AvgIpc) is 2.29. The molecule has 1 N–H and O–H groups in total. The van der Waals surface area contributed by atoms with Gasteiger partial charge >= 0.3 is 0 Å². The molecule has 2 rings (SSSR count). The number of rotatable bonds is 3. The quantitative estimate of drug-likeness (QED) is 0.886. The van der Waals surface area contributed by atoms with Gasteiger partial charge in [-0.3, -0.25) is 0 Å². The van der Waals surface area contributed by atoms with Crippen molar-refractivity contribution in [3.8, 4) is 11.5 Å². The van der Waals surface area contributed by atoms with Crippen molar-refractivity contribution >= 4 is 11.6 Å². The Hall–Kier alpha value is -0.930. The summed E-state index contributed by atoms with van der Waals surface area (Å²) in [5, 5.41) is 10.4. The van der Waals surface area contributed by atoms with Gasteiger partial charge in [-0.05, 0) is 24.1 Å². The van der Waals surface area contributed by atoms with Gasteiger partial charge in [-0.1, -0.05) is 24.9 Å². The Labute approximate surface area is 99.9 Å². The van der Waals surface area contributed by atoms with Crippen LogP contribution in [0.15, 0.2) is 12.1 Å². The lowest BCUT2D eigenvalue weighted by Crippen LogP contribution is -2.16. The SMILES string of the molecule is CCCC(O)c1cc(Cl)c2c(c1)OCCO2. The van der Waals surface area contributed by atoms with Crippen LogP contribution in [0, 0.1) is 0 Å². The molecule has 1 aliphatic rings. The van der Waals surface area contributed by atoms with Crippen LogP contribution in [0.1, 0.15) is 31.4 Å². The Kier molecular flexibility index (Phi) is 3.56. The molecule has 4 heteroatoms. The number of ether oxygens (including phenoxy) is 2. The van der Waals surface area contributed by atoms with Crippen LogP contribution in [-0.4, -0.2) is 18.3 Å². The van der Waals surface area contributed by atoms with Crippen molar-refractivity contribution in [3.05, 3.63) is 22.7 Å². The van der Waals surface area contributed by atoms with Crippen molar-refractivity contribution in [1.82, 2.24) is 0 Å². The number of aliphatic hydroxyl groups excluding tert-OH is 1. The molecule has 1 aromatic rings. The highest BCUT2D eigenvalue weighted by molar-refractivity contribution is 6.32. The summed E-state index contributed by atoms with van der Waals surface area (Å²) in [6, 6.07) is 3.55. The third-order valence-corrected chi connectivity index (χ3v) is 2.85. The predicted octanol–water partition coefficient (Wildman–Crippen LogP) is 2.94. The predicted molar refractivity (Wildman–Crippen MR) is 62.3 cm³/mol. The molecular formula is C12H15ClO3. The molecule has 1 aliphatic heterocycles. The smallest absolute Gasteiger partial charge is 0.179 e. The highest BCUT2D eigenvalue weighted by atomic mass is 35.5. The molecule has 0 saturated heterocycles. The van der Waals surface area contributed by atoms with E-state index in [-0.39, 0.29) is 0 Å². The maximum Gasteiger partial charge on any atom is 0.179 e. The topological polar surface area (TPSA) is 38.7 Å². The molecule has 88 valence electrons. The van der Waals surface area contributed by atoms with Gasteiger partial charge in [0.15, 0.2) is 11.5 Å². The molecule has 0 aromatic heterocycles. The summed E-state index contributed by atoms with van der Waals surface area (Å²) in [6.07, 6.45) is 1.15. The summed E-state index contributed by atoms with van der Waals surface area (Å²) in [6.45, 7) is 3.07. The first-order chi connectivity index (χ1) is 7.72. The van der Waals surface area contributed by atoms with Crippen LogP contribution in [0.5, 0.6) is 11.5 Å². The zero-order valence-corrected chi connectivity index (χ0v) is 9.96. The van der Waals surface area contributed by atoms with Crippen LogP contribution in [-0.2, 0) is 0 Å². The molecule has 3 nitrogen and oxygen atoms in total. The molecule has 0 aliphatic carbocycles. The van der Waals surface area contributed by atoms with Crippen molar-refractivity contribution in [2.24, 2.45) is 0 Å². The first kappa shape index (κ1) is 11.6. The molecule has 0 amide bonds. The first-order valence-corrected chi connectivity index (χ1v) is 5.87. The maximum atomic E-state index is 9.89. The van der Waals surface area contributed by atoms with Crippen LogP contribution >= 0.6 is 11.6 Å². The molecule has 1 unspecified atom stereocenters. The lowest BCUT2D eigenvalue weighted by atomic mass is 10.0. The van der Waals surface area contributed by atoms with Crippen LogP contribution in [0.2, 0.25) is 5.02 Å². The second-order valence-corrected chi connectivity index (χ2v) is 4.24. The molecule has 1 aromatic carbocycles. The van der Waals surface area contributed by atoms with E-state index < -0.39 is 6.10 Å². The van der Waals surface area contributed by atoms with Crippen molar-refractivity contribution in [2.75, 3.05) is 13.2 Å². The van der Waals surface area contributed by atoms with Crippen LogP contribution in [0.3, 0.4) is 0 Å². The Morgan fingerprint density at radius 3 is 2.88 bits per heavy atom. The van der Waals surface area contributed by atoms with Gasteiger partial charge in [0.1, 0.15) is 13.2 Å². The van der Waals surface area contributed by atoms with Gasteiger partial charge in [0.05, 0.1) is 11.1 Å². The van der Waals surface area contributed by atoms with Gasteiger partial charge in [0.25, 0.3) is 0 Å². The average molecular weight is 243 g/mol. The van der Waals surface area contributed by atoms with E-state index in [1.165, 1.54) is 0 Å². The molecule has 0 bridgehead atoms. The highest BCUT2D eigenvalue weighted by Crippen LogP contribution is 2.40. The van der Waals surface area contributed by atoms with Crippen LogP contribution in [0.4, 0.5) is 0 Å². The Morgan fingerprint density at radius 1 is 1.38 bits per heavy atom. The van der Waals surface area contributed by atoms with Gasteiger partial charge in [-0.15, -0.1) is 0 Å². The van der Waals surface area contributed by atoms with Gasteiger partial charge in [-0.25, -0.2) is 0 Å². The fraction of sp³-hybridized carbons (Fsp3) is 0.500. The summed E-state index contributed by atoms with van der Waals surface area (Å²) in [5.41, 5.74) is 0.788. The van der Waals surface area contributed by atoms with Crippen LogP contribution < -0.4 is 9.47 Å². The summed E-state index contributed by atoms with van der Waals surface area (Å²) < 4.78 is 10.9. The summed E-state index contributed by atoms with van der Waals surface area (Å²) in [5.74, 6) is 1.21. The van der Waals surface area contributed by atoms with E-state index in [9.17, 15) is 5.11 Å². The zero-order valence-electron chi connectivity index (χ0n) is 9.20. The van der Waals surface area contributed by atoms with Crippen LogP contribution in [0.25, 0.3) is 0 Å². The molecule has 1 heterocycles. The Bertz CT molecular complexity index is 379. The molecule has 0 fully saturated rings. The third-order valence-electron chi connectivity index (χ3n) is 2.57. The van der Waals surface area contributed by atoms with E-state index >= 15 is 0 Å². The minimum absolute atomic E-state index is 0.488. The van der Waals surface area contributed by atoms with Gasteiger partial charge in [-0.2, -0.15) is 0 Å². The minimum atomic E-state index is -0.488. The van der Waals surface area contributed by atoms with E-state index in [2.05, 4.69) is 0 Å². The number of halogens is 1. The van der Waals surface area contributed by atoms with Crippen molar-refractivity contribution in [2.45, 2.75) is 25.9 Å². The summed E-state index contributed by atoms with van der Waals surface area (Å²) >= 11 is 6.08. The summed E-state index contributed by atoms with van der Waals surface area (Å²) in [7, 11) is 0. The van der Waals surface area contributed by atoms with E-state index in [4.69, 9.17) is 21.1 Å². The van der Waals surface area contributed by atoms with Crippen molar-refractivity contribution in [1.29, 1.82) is 0 Å². The lowest BCUT2D eigenvalue weighted by molar-refractivity contribution is 0.159. The molecular weight excluding hydrogens is 228 g/mol. The lowest BCUT2D eigenvalue weighted by Gasteiger charge is -2.21. The molecule has 0 spiro atoms. The van der Waals surface area contributed by atoms with E-state index in [1.807, 2.05) is 6.92 Å². The van der Waals surface area contributed by atoms with Crippen molar-refractivity contribution in [3.63, 3.8) is 0 Å². The Balaban J connectivity index is 2.31. The number of hydrogen-bond donors (Lipinski definition) is 1. The zero-order chi connectivity index (χ0) is 11.5. The number of benzene rings is 1. The number of hydrogen-bond acceptors (Lipinski definition) is 3. The monoisotopic (exact) mass is 242 g/mol. The van der Waals surface area contributed by atoms with E-state index in [0.29, 0.717) is 29.7 Å². The van der Waals surface area contributed by atoms with E-state index in [1.54, 1.807) is 12.1 Å². The van der Waals surface area contributed by atoms with Crippen molar-refractivity contribution < 1.29 is 14.6 Å². The summed E-state index contributed by atoms with van der Waals surface area (Å²) in [4.78, 5) is 0.